The van der Waals surface area contributed by atoms with Crippen LogP contribution in [0.5, 0.6) is 0 Å². The SMILES string of the molecule is C=CC1=C=CN=C(I)N1C. The van der Waals surface area contributed by atoms with E-state index in [4.69, 9.17) is 0 Å². The molecule has 0 saturated heterocycles. The van der Waals surface area contributed by atoms with Gasteiger partial charge in [-0.3, -0.25) is 0 Å². The van der Waals surface area contributed by atoms with Crippen molar-refractivity contribution < 1.29 is 0 Å². The fourth-order valence-electron chi connectivity index (χ4n) is 0.630. The summed E-state index contributed by atoms with van der Waals surface area (Å²) in [7, 11) is 1.93. The quantitative estimate of drug-likeness (QED) is 0.392. The van der Waals surface area contributed by atoms with E-state index in [-0.39, 0.29) is 0 Å². The van der Waals surface area contributed by atoms with Crippen LogP contribution < -0.4 is 0 Å². The van der Waals surface area contributed by atoms with Crippen LogP contribution >= 0.6 is 22.6 Å². The van der Waals surface area contributed by atoms with Gasteiger partial charge in [0, 0.05) is 7.05 Å². The summed E-state index contributed by atoms with van der Waals surface area (Å²) in [5.74, 6) is 0. The fraction of sp³-hybridized carbons (Fsp3) is 0.143. The second kappa shape index (κ2) is 3.03. The summed E-state index contributed by atoms with van der Waals surface area (Å²) in [4.78, 5) is 5.96. The second-order valence-electron chi connectivity index (χ2n) is 1.82. The molecule has 1 aliphatic rings. The van der Waals surface area contributed by atoms with Gasteiger partial charge >= 0.3 is 0 Å². The molecule has 0 spiro atoms. The lowest BCUT2D eigenvalue weighted by molar-refractivity contribution is 0.662. The van der Waals surface area contributed by atoms with Crippen LogP contribution in [-0.4, -0.2) is 15.8 Å². The summed E-state index contributed by atoms with van der Waals surface area (Å²) >= 11 is 2.16. The second-order valence-corrected chi connectivity index (χ2v) is 2.78. The monoisotopic (exact) mass is 246 g/mol. The molecule has 52 valence electrons. The van der Waals surface area contributed by atoms with E-state index in [1.54, 1.807) is 12.3 Å². The summed E-state index contributed by atoms with van der Waals surface area (Å²) < 4.78 is 0.936. The Hall–Kier alpha value is -0.540. The molecule has 0 fully saturated rings. The average Bonchev–Trinajstić information content (AvgIpc) is 1.95. The highest BCUT2D eigenvalue weighted by molar-refractivity contribution is 14.1. The van der Waals surface area contributed by atoms with Crippen LogP contribution in [0.4, 0.5) is 0 Å². The third-order valence-corrected chi connectivity index (χ3v) is 2.22. The standard InChI is InChI=1S/C7H7IN2/c1-3-6-4-5-9-7(8)10(6)2/h3,5H,1H2,2H3. The van der Waals surface area contributed by atoms with Gasteiger partial charge in [-0.2, -0.15) is 0 Å². The van der Waals surface area contributed by atoms with Crippen molar-refractivity contribution in [3.05, 3.63) is 30.3 Å². The number of aliphatic imine (C=N–C) groups is 1. The smallest absolute Gasteiger partial charge is 0.172 e. The first-order chi connectivity index (χ1) is 4.75. The van der Waals surface area contributed by atoms with Crippen molar-refractivity contribution >= 4 is 26.4 Å². The van der Waals surface area contributed by atoms with Gasteiger partial charge in [-0.25, -0.2) is 4.99 Å². The van der Waals surface area contributed by atoms with E-state index in [1.807, 2.05) is 11.9 Å². The summed E-state index contributed by atoms with van der Waals surface area (Å²) in [5.41, 5.74) is 3.91. The summed E-state index contributed by atoms with van der Waals surface area (Å²) in [6, 6.07) is 0. The Morgan fingerprint density at radius 3 is 3.10 bits per heavy atom. The zero-order chi connectivity index (χ0) is 7.56. The molecule has 10 heavy (non-hydrogen) atoms. The molecule has 0 unspecified atom stereocenters. The van der Waals surface area contributed by atoms with Crippen LogP contribution in [0, 0.1) is 0 Å². The Morgan fingerprint density at radius 1 is 1.90 bits per heavy atom. The average molecular weight is 246 g/mol. The summed E-state index contributed by atoms with van der Waals surface area (Å²) in [6.07, 6.45) is 3.41. The molecule has 3 heteroatoms. The predicted octanol–water partition coefficient (Wildman–Crippen LogP) is 1.91. The predicted molar refractivity (Wildman–Crippen MR) is 51.0 cm³/mol. The van der Waals surface area contributed by atoms with E-state index in [0.29, 0.717) is 0 Å². The van der Waals surface area contributed by atoms with E-state index in [0.717, 1.165) is 9.54 Å². The number of amidine groups is 1. The Labute approximate surface area is 73.8 Å². The third kappa shape index (κ3) is 1.30. The van der Waals surface area contributed by atoms with Gasteiger partial charge in [0.15, 0.2) is 3.84 Å². The molecule has 1 heterocycles. The fourth-order valence-corrected chi connectivity index (χ4v) is 1.03. The minimum Gasteiger partial charge on any atom is -0.318 e. The van der Waals surface area contributed by atoms with Crippen molar-refractivity contribution in [1.29, 1.82) is 0 Å². The number of rotatable bonds is 1. The number of allylic oxidation sites excluding steroid dienone is 1. The molecule has 2 nitrogen and oxygen atoms in total. The van der Waals surface area contributed by atoms with Crippen molar-refractivity contribution in [2.75, 3.05) is 7.05 Å². The van der Waals surface area contributed by atoms with Gasteiger partial charge in [0.2, 0.25) is 0 Å². The van der Waals surface area contributed by atoms with E-state index in [9.17, 15) is 0 Å². The molecule has 0 bridgehead atoms. The summed E-state index contributed by atoms with van der Waals surface area (Å²) in [6.45, 7) is 3.65. The van der Waals surface area contributed by atoms with Crippen LogP contribution in [-0.2, 0) is 0 Å². The molecule has 0 atom stereocenters. The molecule has 0 aromatic heterocycles. The molecule has 0 amide bonds. The topological polar surface area (TPSA) is 15.6 Å². The van der Waals surface area contributed by atoms with Crippen molar-refractivity contribution in [3.8, 4) is 0 Å². The molecule has 0 aromatic rings. The van der Waals surface area contributed by atoms with E-state index >= 15 is 0 Å². The first-order valence-corrected chi connectivity index (χ1v) is 3.88. The molecule has 0 aliphatic carbocycles. The largest absolute Gasteiger partial charge is 0.318 e. The summed E-state index contributed by atoms with van der Waals surface area (Å²) in [5, 5.41) is 0. The minimum absolute atomic E-state index is 0.936. The van der Waals surface area contributed by atoms with Gasteiger partial charge in [0.1, 0.15) is 0 Å². The van der Waals surface area contributed by atoms with Gasteiger partial charge in [-0.15, -0.1) is 0 Å². The molecule has 0 radical (unpaired) electrons. The zero-order valence-electron chi connectivity index (χ0n) is 5.63. The minimum atomic E-state index is 0.936. The Kier molecular flexibility index (Phi) is 2.29. The lowest BCUT2D eigenvalue weighted by Gasteiger charge is -2.17. The van der Waals surface area contributed by atoms with Crippen LogP contribution in [0.2, 0.25) is 0 Å². The maximum atomic E-state index is 4.03. The van der Waals surface area contributed by atoms with Crippen molar-refractivity contribution in [3.63, 3.8) is 0 Å². The molecule has 0 saturated carbocycles. The zero-order valence-corrected chi connectivity index (χ0v) is 7.79. The third-order valence-electron chi connectivity index (χ3n) is 1.21. The molecular formula is C7H7IN2. The molecular weight excluding hydrogens is 239 g/mol. The number of likely N-dealkylation sites (N-methyl/N-ethyl adjacent to an activating group) is 1. The molecule has 1 aliphatic heterocycles. The van der Waals surface area contributed by atoms with Gasteiger partial charge in [-0.05, 0) is 28.7 Å². The molecule has 1 rings (SSSR count). The lowest BCUT2D eigenvalue weighted by atomic mass is 10.4. The Bertz CT molecular complexity index is 246. The van der Waals surface area contributed by atoms with Crippen LogP contribution in [0.3, 0.4) is 0 Å². The highest BCUT2D eigenvalue weighted by Gasteiger charge is 2.06. The van der Waals surface area contributed by atoms with Crippen molar-refractivity contribution in [1.82, 2.24) is 4.90 Å². The normalized spacial score (nSPS) is 16.4. The van der Waals surface area contributed by atoms with Crippen molar-refractivity contribution in [2.45, 2.75) is 0 Å². The number of hydrogen-bond acceptors (Lipinski definition) is 2. The van der Waals surface area contributed by atoms with Crippen LogP contribution in [0.1, 0.15) is 0 Å². The first-order valence-electron chi connectivity index (χ1n) is 2.80. The lowest BCUT2D eigenvalue weighted by Crippen LogP contribution is -2.20. The van der Waals surface area contributed by atoms with E-state index < -0.39 is 0 Å². The van der Waals surface area contributed by atoms with E-state index in [2.05, 4.69) is 39.9 Å². The number of hydrogen-bond donors (Lipinski definition) is 0. The van der Waals surface area contributed by atoms with Gasteiger partial charge in [0.25, 0.3) is 0 Å². The highest BCUT2D eigenvalue weighted by Crippen LogP contribution is 2.10. The first kappa shape index (κ1) is 7.57. The number of halogens is 1. The van der Waals surface area contributed by atoms with Crippen LogP contribution in [0.15, 0.2) is 35.3 Å². The highest BCUT2D eigenvalue weighted by atomic mass is 127. The van der Waals surface area contributed by atoms with Gasteiger partial charge in [-0.1, -0.05) is 12.3 Å². The van der Waals surface area contributed by atoms with Crippen molar-refractivity contribution in [2.24, 2.45) is 4.99 Å². The molecule has 0 aromatic carbocycles. The Morgan fingerprint density at radius 2 is 2.60 bits per heavy atom. The Balaban J connectivity index is 3.00. The van der Waals surface area contributed by atoms with Gasteiger partial charge < -0.3 is 4.90 Å². The van der Waals surface area contributed by atoms with Crippen LogP contribution in [0.25, 0.3) is 0 Å². The maximum absolute atomic E-state index is 4.03. The molecule has 0 N–H and O–H groups in total. The number of nitrogens with zero attached hydrogens (tertiary/aromatic N) is 2. The van der Waals surface area contributed by atoms with Gasteiger partial charge in [0.05, 0.1) is 11.9 Å². The van der Waals surface area contributed by atoms with E-state index in [1.165, 1.54) is 0 Å². The maximum Gasteiger partial charge on any atom is 0.172 e.